The largest absolute Gasteiger partial charge is 0.322 e. The highest BCUT2D eigenvalue weighted by atomic mass is 35.5. The minimum absolute atomic E-state index is 0.0195. The molecule has 3 rings (SSSR count). The zero-order valence-corrected chi connectivity index (χ0v) is 19.1. The van der Waals surface area contributed by atoms with Crippen molar-refractivity contribution in [1.82, 2.24) is 4.31 Å². The number of nitrogens with zero attached hydrogens (tertiary/aromatic N) is 1. The molecule has 0 saturated heterocycles. The van der Waals surface area contributed by atoms with Crippen LogP contribution in [0.25, 0.3) is 0 Å². The summed E-state index contributed by atoms with van der Waals surface area (Å²) in [5.41, 5.74) is 1.02. The van der Waals surface area contributed by atoms with Crippen molar-refractivity contribution in [2.75, 3.05) is 11.9 Å². The average Bonchev–Trinajstić information content (AvgIpc) is 2.71. The summed E-state index contributed by atoms with van der Waals surface area (Å²) < 4.78 is 54.5. The first-order chi connectivity index (χ1) is 15.1. The van der Waals surface area contributed by atoms with Crippen molar-refractivity contribution in [2.45, 2.75) is 18.4 Å². The molecule has 0 heterocycles. The van der Waals surface area contributed by atoms with Crippen LogP contribution in [0.5, 0.6) is 0 Å². The van der Waals surface area contributed by atoms with Gasteiger partial charge in [0.05, 0.1) is 17.1 Å². The molecule has 3 aromatic rings. The topological polar surface area (TPSA) is 66.5 Å². The monoisotopic (exact) mass is 498 g/mol. The fraction of sp³-hybridized carbons (Fsp3) is 0.136. The van der Waals surface area contributed by atoms with Gasteiger partial charge in [0.25, 0.3) is 0 Å². The van der Waals surface area contributed by atoms with Crippen molar-refractivity contribution in [1.29, 1.82) is 0 Å². The van der Waals surface area contributed by atoms with Crippen LogP contribution in [0.2, 0.25) is 10.0 Å². The molecule has 0 aliphatic carbocycles. The Kier molecular flexibility index (Phi) is 7.51. The van der Waals surface area contributed by atoms with Gasteiger partial charge in [-0.15, -0.1) is 0 Å². The maximum Gasteiger partial charge on any atom is 0.243 e. The molecular weight excluding hydrogens is 481 g/mol. The lowest BCUT2D eigenvalue weighted by Crippen LogP contribution is -2.37. The predicted octanol–water partition coefficient (Wildman–Crippen LogP) is 5.41. The molecule has 0 atom stereocenters. The molecule has 0 spiro atoms. The third kappa shape index (κ3) is 5.83. The normalized spacial score (nSPS) is 11.6. The molecular formula is C22H18Cl2F2N2O3S. The summed E-state index contributed by atoms with van der Waals surface area (Å²) in [6.07, 6.45) is 0. The number of aryl methyl sites for hydroxylation is 1. The molecule has 0 saturated carbocycles. The molecule has 0 aliphatic heterocycles. The summed E-state index contributed by atoms with van der Waals surface area (Å²) in [6, 6.07) is 13.3. The van der Waals surface area contributed by atoms with Gasteiger partial charge < -0.3 is 5.32 Å². The van der Waals surface area contributed by atoms with Crippen molar-refractivity contribution < 1.29 is 22.0 Å². The van der Waals surface area contributed by atoms with Crippen LogP contribution in [-0.4, -0.2) is 25.2 Å². The van der Waals surface area contributed by atoms with Crippen molar-refractivity contribution in [3.63, 3.8) is 0 Å². The smallest absolute Gasteiger partial charge is 0.243 e. The molecule has 0 bridgehead atoms. The molecule has 0 aromatic heterocycles. The van der Waals surface area contributed by atoms with Gasteiger partial charge >= 0.3 is 0 Å². The maximum absolute atomic E-state index is 13.9. The Labute approximate surface area is 194 Å². The van der Waals surface area contributed by atoms with E-state index in [1.807, 2.05) is 6.92 Å². The van der Waals surface area contributed by atoms with Crippen LogP contribution in [0, 0.1) is 18.6 Å². The van der Waals surface area contributed by atoms with E-state index in [0.29, 0.717) is 16.7 Å². The van der Waals surface area contributed by atoms with Crippen LogP contribution >= 0.6 is 23.2 Å². The van der Waals surface area contributed by atoms with Crippen molar-refractivity contribution in [3.05, 3.63) is 93.5 Å². The Bertz CT molecular complexity index is 1250. The number of sulfonamides is 1. The maximum atomic E-state index is 13.9. The first-order valence-corrected chi connectivity index (χ1v) is 11.5. The number of anilines is 1. The van der Waals surface area contributed by atoms with Gasteiger partial charge in [0, 0.05) is 22.7 Å². The average molecular weight is 499 g/mol. The van der Waals surface area contributed by atoms with E-state index in [2.05, 4.69) is 5.32 Å². The fourth-order valence-electron chi connectivity index (χ4n) is 2.87. The molecule has 168 valence electrons. The molecule has 0 radical (unpaired) electrons. The van der Waals surface area contributed by atoms with Gasteiger partial charge in [0.15, 0.2) is 0 Å². The van der Waals surface area contributed by atoms with Crippen LogP contribution in [0.4, 0.5) is 14.5 Å². The van der Waals surface area contributed by atoms with E-state index >= 15 is 0 Å². The van der Waals surface area contributed by atoms with E-state index in [1.165, 1.54) is 18.2 Å². The summed E-state index contributed by atoms with van der Waals surface area (Å²) in [5, 5.41) is 2.87. The van der Waals surface area contributed by atoms with Crippen LogP contribution in [0.1, 0.15) is 11.1 Å². The zero-order valence-electron chi connectivity index (χ0n) is 16.8. The van der Waals surface area contributed by atoms with Gasteiger partial charge in [-0.3, -0.25) is 4.79 Å². The van der Waals surface area contributed by atoms with E-state index in [0.717, 1.165) is 22.0 Å². The van der Waals surface area contributed by atoms with Gasteiger partial charge in [0.2, 0.25) is 15.9 Å². The molecule has 0 unspecified atom stereocenters. The number of nitrogens with one attached hydrogen (secondary N) is 1. The SMILES string of the molecule is Cc1ccc(S(=O)(=O)N(CC(=O)Nc2ccc(F)cc2F)Cc2ccc(Cl)cc2Cl)cc1. The predicted molar refractivity (Wildman–Crippen MR) is 120 cm³/mol. The van der Waals surface area contributed by atoms with E-state index < -0.39 is 34.1 Å². The second kappa shape index (κ2) is 9.95. The van der Waals surface area contributed by atoms with Crippen molar-refractivity contribution >= 4 is 44.8 Å². The lowest BCUT2D eigenvalue weighted by Gasteiger charge is -2.23. The minimum Gasteiger partial charge on any atom is -0.322 e. The number of hydrogen-bond donors (Lipinski definition) is 1. The Hall–Kier alpha value is -2.52. The van der Waals surface area contributed by atoms with Crippen LogP contribution in [0.3, 0.4) is 0 Å². The highest BCUT2D eigenvalue weighted by Crippen LogP contribution is 2.25. The van der Waals surface area contributed by atoms with Crippen LogP contribution < -0.4 is 5.32 Å². The molecule has 1 N–H and O–H groups in total. The van der Waals surface area contributed by atoms with E-state index in [9.17, 15) is 22.0 Å². The Morgan fingerprint density at radius 1 is 1.00 bits per heavy atom. The van der Waals surface area contributed by atoms with Crippen LogP contribution in [-0.2, 0) is 21.4 Å². The number of halogens is 4. The molecule has 5 nitrogen and oxygen atoms in total. The first kappa shape index (κ1) is 24.1. The Morgan fingerprint density at radius 2 is 1.69 bits per heavy atom. The van der Waals surface area contributed by atoms with Crippen molar-refractivity contribution in [3.8, 4) is 0 Å². The van der Waals surface area contributed by atoms with E-state index in [4.69, 9.17) is 23.2 Å². The first-order valence-electron chi connectivity index (χ1n) is 9.32. The quantitative estimate of drug-likeness (QED) is 0.473. The van der Waals surface area contributed by atoms with Crippen molar-refractivity contribution in [2.24, 2.45) is 0 Å². The molecule has 0 aliphatic rings. The van der Waals surface area contributed by atoms with Gasteiger partial charge in [-0.2, -0.15) is 4.31 Å². The highest BCUT2D eigenvalue weighted by molar-refractivity contribution is 7.89. The lowest BCUT2D eigenvalue weighted by atomic mass is 10.2. The van der Waals surface area contributed by atoms with Crippen LogP contribution in [0.15, 0.2) is 65.6 Å². The number of amides is 1. The summed E-state index contributed by atoms with van der Waals surface area (Å²) in [6.45, 7) is 0.948. The molecule has 1 amide bonds. The van der Waals surface area contributed by atoms with E-state index in [-0.39, 0.29) is 22.2 Å². The summed E-state index contributed by atoms with van der Waals surface area (Å²) in [5.74, 6) is -2.59. The Morgan fingerprint density at radius 3 is 2.31 bits per heavy atom. The van der Waals surface area contributed by atoms with Gasteiger partial charge in [0.1, 0.15) is 11.6 Å². The second-order valence-corrected chi connectivity index (χ2v) is 9.78. The van der Waals surface area contributed by atoms with E-state index in [1.54, 1.807) is 24.3 Å². The van der Waals surface area contributed by atoms with Gasteiger partial charge in [-0.25, -0.2) is 17.2 Å². The number of carbonyl (C=O) groups is 1. The van der Waals surface area contributed by atoms with Gasteiger partial charge in [-0.1, -0.05) is 47.0 Å². The summed E-state index contributed by atoms with van der Waals surface area (Å²) >= 11 is 12.1. The standard InChI is InChI=1S/C22H18Cl2F2N2O3S/c1-14-2-7-18(8-3-14)32(30,31)28(12-15-4-5-16(23)10-19(15)24)13-22(29)27-21-9-6-17(25)11-20(21)26/h2-11H,12-13H2,1H3,(H,27,29). The number of rotatable bonds is 7. The minimum atomic E-state index is -4.12. The molecule has 3 aromatic carbocycles. The number of hydrogen-bond acceptors (Lipinski definition) is 3. The zero-order chi connectivity index (χ0) is 23.5. The highest BCUT2D eigenvalue weighted by Gasteiger charge is 2.28. The summed E-state index contributed by atoms with van der Waals surface area (Å²) in [4.78, 5) is 12.6. The fourth-order valence-corrected chi connectivity index (χ4v) is 4.71. The number of carbonyl (C=O) groups excluding carboxylic acids is 1. The Balaban J connectivity index is 1.92. The molecule has 32 heavy (non-hydrogen) atoms. The summed E-state index contributed by atoms with van der Waals surface area (Å²) in [7, 11) is -4.12. The molecule has 0 fully saturated rings. The number of benzene rings is 3. The lowest BCUT2D eigenvalue weighted by molar-refractivity contribution is -0.116. The molecule has 10 heteroatoms. The second-order valence-electron chi connectivity index (χ2n) is 6.99. The third-order valence-corrected chi connectivity index (χ3v) is 6.94. The van der Waals surface area contributed by atoms with Gasteiger partial charge in [-0.05, 0) is 48.9 Å². The third-order valence-electron chi connectivity index (χ3n) is 4.55.